The van der Waals surface area contributed by atoms with Crippen molar-refractivity contribution < 1.29 is 13.2 Å². The minimum absolute atomic E-state index is 0.0858. The Morgan fingerprint density at radius 3 is 2.44 bits per heavy atom. The zero-order chi connectivity index (χ0) is 23.4. The van der Waals surface area contributed by atoms with Crippen LogP contribution in [-0.2, 0) is 20.2 Å². The quantitative estimate of drug-likeness (QED) is 0.371. The fourth-order valence-corrected chi connectivity index (χ4v) is 4.84. The van der Waals surface area contributed by atoms with Gasteiger partial charge in [0, 0.05) is 13.1 Å². The molecule has 1 saturated heterocycles. The number of hydrogen-bond donors (Lipinski definition) is 2. The van der Waals surface area contributed by atoms with E-state index in [1.54, 1.807) is 6.21 Å². The van der Waals surface area contributed by atoms with Gasteiger partial charge in [0.15, 0.2) is 5.11 Å². The fraction of sp³-hybridized carbons (Fsp3) is 0.364. The molecular formula is C22H27ClN4O3S2. The number of sulfonamides is 1. The second-order valence-electron chi connectivity index (χ2n) is 8.35. The molecule has 0 unspecified atom stereocenters. The highest BCUT2D eigenvalue weighted by molar-refractivity contribution is 7.89. The molecule has 0 amide bonds. The first kappa shape index (κ1) is 24.6. The van der Waals surface area contributed by atoms with E-state index in [1.807, 2.05) is 12.1 Å². The Morgan fingerprint density at radius 1 is 1.16 bits per heavy atom. The van der Waals surface area contributed by atoms with Crippen LogP contribution in [0.1, 0.15) is 31.9 Å². The highest BCUT2D eigenvalue weighted by Gasteiger charge is 2.27. The Balaban J connectivity index is 1.64. The molecule has 10 heteroatoms. The third kappa shape index (κ3) is 6.26. The van der Waals surface area contributed by atoms with Gasteiger partial charge in [-0.25, -0.2) is 8.42 Å². The van der Waals surface area contributed by atoms with E-state index >= 15 is 0 Å². The molecule has 0 atom stereocenters. The molecule has 2 aromatic rings. The largest absolute Gasteiger partial charge is 0.379 e. The normalized spacial score (nSPS) is 15.6. The van der Waals surface area contributed by atoms with Gasteiger partial charge < -0.3 is 10.1 Å². The van der Waals surface area contributed by atoms with Crippen LogP contribution in [0.3, 0.4) is 0 Å². The summed E-state index contributed by atoms with van der Waals surface area (Å²) in [5, 5.41) is 7.58. The van der Waals surface area contributed by atoms with Crippen molar-refractivity contribution in [2.24, 2.45) is 5.10 Å². The van der Waals surface area contributed by atoms with Crippen LogP contribution in [-0.4, -0.2) is 50.4 Å². The molecule has 7 nitrogen and oxygen atoms in total. The van der Waals surface area contributed by atoms with Crippen LogP contribution in [0.4, 0.5) is 5.69 Å². The number of rotatable bonds is 5. The smallest absolute Gasteiger partial charge is 0.243 e. The molecule has 1 aliphatic heterocycles. The number of morpholine rings is 1. The Bertz CT molecular complexity index is 1090. The average Bonchev–Trinajstić information content (AvgIpc) is 2.75. The summed E-state index contributed by atoms with van der Waals surface area (Å²) in [7, 11) is -3.64. The van der Waals surface area contributed by atoms with Crippen LogP contribution in [0.15, 0.2) is 52.5 Å². The molecule has 2 N–H and O–H groups in total. The van der Waals surface area contributed by atoms with Crippen molar-refractivity contribution in [1.29, 1.82) is 0 Å². The third-order valence-electron chi connectivity index (χ3n) is 4.95. The van der Waals surface area contributed by atoms with Crippen LogP contribution < -0.4 is 10.7 Å². The predicted molar refractivity (Wildman–Crippen MR) is 133 cm³/mol. The Kier molecular flexibility index (Phi) is 7.89. The lowest BCUT2D eigenvalue weighted by atomic mass is 9.87. The summed E-state index contributed by atoms with van der Waals surface area (Å²) >= 11 is 11.5. The van der Waals surface area contributed by atoms with Crippen LogP contribution in [0.25, 0.3) is 0 Å². The van der Waals surface area contributed by atoms with Crippen molar-refractivity contribution in [3.63, 3.8) is 0 Å². The zero-order valence-corrected chi connectivity index (χ0v) is 20.6. The standard InChI is InChI=1S/C22H27ClN4O3S2/c1-22(2,3)17-6-4-16(5-7-17)15-24-26-21(31)25-20-14-18(8-9-19(20)23)32(28,29)27-10-12-30-13-11-27/h4-9,14-15H,10-13H2,1-3H3,(H2,25,26,31)/b24-15-. The number of anilines is 1. The van der Waals surface area contributed by atoms with Crippen molar-refractivity contribution in [2.75, 3.05) is 31.6 Å². The molecule has 0 saturated carbocycles. The van der Waals surface area contributed by atoms with Crippen molar-refractivity contribution >= 4 is 50.9 Å². The molecule has 1 heterocycles. The Labute approximate surface area is 199 Å². The van der Waals surface area contributed by atoms with Crippen LogP contribution in [0, 0.1) is 0 Å². The second-order valence-corrected chi connectivity index (χ2v) is 11.1. The topological polar surface area (TPSA) is 83.0 Å². The summed E-state index contributed by atoms with van der Waals surface area (Å²) < 4.78 is 32.4. The summed E-state index contributed by atoms with van der Waals surface area (Å²) in [6.07, 6.45) is 1.65. The minimum atomic E-state index is -3.64. The maximum Gasteiger partial charge on any atom is 0.243 e. The molecule has 172 valence electrons. The summed E-state index contributed by atoms with van der Waals surface area (Å²) in [5.74, 6) is 0. The average molecular weight is 495 g/mol. The van der Waals surface area contributed by atoms with E-state index in [4.69, 9.17) is 28.6 Å². The lowest BCUT2D eigenvalue weighted by molar-refractivity contribution is 0.0730. The molecule has 1 fully saturated rings. The molecule has 2 aromatic carbocycles. The molecule has 0 bridgehead atoms. The Hall–Kier alpha value is -2.04. The second kappa shape index (κ2) is 10.3. The number of nitrogens with zero attached hydrogens (tertiary/aromatic N) is 2. The van der Waals surface area contributed by atoms with Gasteiger partial charge in [-0.05, 0) is 47.0 Å². The van der Waals surface area contributed by atoms with E-state index in [9.17, 15) is 8.42 Å². The van der Waals surface area contributed by atoms with Gasteiger partial charge in [-0.2, -0.15) is 9.41 Å². The highest BCUT2D eigenvalue weighted by atomic mass is 35.5. The van der Waals surface area contributed by atoms with Gasteiger partial charge in [0.05, 0.1) is 35.0 Å². The van der Waals surface area contributed by atoms with E-state index in [0.29, 0.717) is 37.0 Å². The number of thiocarbonyl (C=S) groups is 1. The first-order valence-electron chi connectivity index (χ1n) is 10.2. The molecule has 3 rings (SSSR count). The van der Waals surface area contributed by atoms with E-state index in [-0.39, 0.29) is 15.4 Å². The van der Waals surface area contributed by atoms with Gasteiger partial charge in [-0.1, -0.05) is 56.6 Å². The van der Waals surface area contributed by atoms with E-state index < -0.39 is 10.0 Å². The van der Waals surface area contributed by atoms with Gasteiger partial charge in [0.25, 0.3) is 0 Å². The molecule has 0 spiro atoms. The van der Waals surface area contributed by atoms with Gasteiger partial charge in [0.1, 0.15) is 0 Å². The monoisotopic (exact) mass is 494 g/mol. The van der Waals surface area contributed by atoms with Gasteiger partial charge in [-0.3, -0.25) is 5.43 Å². The number of benzene rings is 2. The van der Waals surface area contributed by atoms with Gasteiger partial charge >= 0.3 is 0 Å². The van der Waals surface area contributed by atoms with E-state index in [2.05, 4.69) is 48.7 Å². The number of hydrazone groups is 1. The lowest BCUT2D eigenvalue weighted by Crippen LogP contribution is -2.40. The SMILES string of the molecule is CC(C)(C)c1ccc(/C=N\NC(=S)Nc2cc(S(=O)(=O)N3CCOCC3)ccc2Cl)cc1. The first-order chi connectivity index (χ1) is 15.1. The molecule has 0 radical (unpaired) electrons. The van der Waals surface area contributed by atoms with Crippen LogP contribution in [0.2, 0.25) is 5.02 Å². The fourth-order valence-electron chi connectivity index (χ4n) is 3.08. The van der Waals surface area contributed by atoms with Crippen LogP contribution >= 0.6 is 23.8 Å². The molecule has 32 heavy (non-hydrogen) atoms. The summed E-state index contributed by atoms with van der Waals surface area (Å²) in [6, 6.07) is 12.6. The summed E-state index contributed by atoms with van der Waals surface area (Å²) in [6.45, 7) is 7.88. The van der Waals surface area contributed by atoms with Crippen molar-refractivity contribution in [2.45, 2.75) is 31.1 Å². The lowest BCUT2D eigenvalue weighted by Gasteiger charge is -2.26. The van der Waals surface area contributed by atoms with Crippen molar-refractivity contribution in [3.8, 4) is 0 Å². The number of halogens is 1. The maximum atomic E-state index is 12.9. The predicted octanol–water partition coefficient (Wildman–Crippen LogP) is 3.98. The van der Waals surface area contributed by atoms with E-state index in [1.165, 1.54) is 28.1 Å². The Morgan fingerprint density at radius 2 is 1.81 bits per heavy atom. The van der Waals surface area contributed by atoms with Gasteiger partial charge in [-0.15, -0.1) is 0 Å². The first-order valence-corrected chi connectivity index (χ1v) is 12.4. The van der Waals surface area contributed by atoms with Gasteiger partial charge in [0.2, 0.25) is 10.0 Å². The molecular weight excluding hydrogens is 468 g/mol. The number of nitrogens with one attached hydrogen (secondary N) is 2. The summed E-state index contributed by atoms with van der Waals surface area (Å²) in [4.78, 5) is 0.136. The highest BCUT2D eigenvalue weighted by Crippen LogP contribution is 2.27. The van der Waals surface area contributed by atoms with Crippen molar-refractivity contribution in [1.82, 2.24) is 9.73 Å². The summed E-state index contributed by atoms with van der Waals surface area (Å²) in [5.41, 5.74) is 5.35. The van der Waals surface area contributed by atoms with Crippen LogP contribution in [0.5, 0.6) is 0 Å². The molecule has 0 aliphatic carbocycles. The molecule has 1 aliphatic rings. The molecule has 0 aromatic heterocycles. The van der Waals surface area contributed by atoms with E-state index in [0.717, 1.165) is 5.56 Å². The zero-order valence-electron chi connectivity index (χ0n) is 18.3. The maximum absolute atomic E-state index is 12.9. The van der Waals surface area contributed by atoms with Crippen molar-refractivity contribution in [3.05, 3.63) is 58.6 Å². The number of ether oxygens (including phenoxy) is 1. The minimum Gasteiger partial charge on any atom is -0.379 e. The number of hydrogen-bond acceptors (Lipinski definition) is 5. The third-order valence-corrected chi connectivity index (χ3v) is 7.37.